The van der Waals surface area contributed by atoms with Gasteiger partial charge in [-0.1, -0.05) is 90.4 Å². The first-order valence-electron chi connectivity index (χ1n) is 22.9. The predicted molar refractivity (Wildman–Crippen MR) is 226 cm³/mol. The Hall–Kier alpha value is -1.50. The van der Waals surface area contributed by atoms with Crippen LogP contribution in [0, 0.1) is 0 Å². The van der Waals surface area contributed by atoms with Crippen LogP contribution in [0.1, 0.15) is 122 Å². The third kappa shape index (κ3) is 54.5. The molecule has 0 unspecified atom stereocenters. The summed E-state index contributed by atoms with van der Waals surface area (Å²) in [6.45, 7) is 13.6. The zero-order valence-corrected chi connectivity index (χ0v) is 37.2. The van der Waals surface area contributed by atoms with Gasteiger partial charge in [0.15, 0.2) is 0 Å². The largest absolute Gasteiger partial charge is 0.481 e. The van der Waals surface area contributed by atoms with E-state index in [0.29, 0.717) is 145 Å². The van der Waals surface area contributed by atoms with E-state index in [2.05, 4.69) is 6.92 Å². The molecule has 0 aliphatic heterocycles. The molecule has 0 spiro atoms. The molecule has 0 aromatic heterocycles. The number of aliphatic carboxylic acids is 1. The predicted octanol–water partition coefficient (Wildman–Crippen LogP) is 6.84. The minimum absolute atomic E-state index is 0.0607. The highest BCUT2D eigenvalue weighted by molar-refractivity contribution is 5.69. The fraction of sp³-hybridized carbons (Fsp3) is 0.955. The lowest BCUT2D eigenvalue weighted by atomic mass is 10.0. The number of rotatable bonds is 53. The molecular formula is C44H86O15. The zero-order valence-electron chi connectivity index (χ0n) is 37.2. The van der Waals surface area contributed by atoms with Gasteiger partial charge in [0.05, 0.1) is 139 Å². The molecule has 0 radical (unpaired) electrons. The summed E-state index contributed by atoms with van der Waals surface area (Å²) in [5.41, 5.74) is 0. The van der Waals surface area contributed by atoms with Gasteiger partial charge in [0.1, 0.15) is 6.61 Å². The second-order valence-corrected chi connectivity index (χ2v) is 14.2. The van der Waals surface area contributed by atoms with Crippen LogP contribution < -0.4 is 0 Å². The molecule has 1 N–H and O–H groups in total. The van der Waals surface area contributed by atoms with Gasteiger partial charge < -0.3 is 61.9 Å². The normalized spacial score (nSPS) is 11.5. The van der Waals surface area contributed by atoms with Crippen LogP contribution in [-0.4, -0.2) is 169 Å². The molecule has 0 aliphatic carbocycles. The smallest absolute Gasteiger partial charge is 0.305 e. The van der Waals surface area contributed by atoms with Crippen molar-refractivity contribution in [3.8, 4) is 0 Å². The van der Waals surface area contributed by atoms with E-state index in [1.54, 1.807) is 0 Å². The monoisotopic (exact) mass is 855 g/mol. The van der Waals surface area contributed by atoms with Crippen LogP contribution in [0.5, 0.6) is 0 Å². The highest BCUT2D eigenvalue weighted by Gasteiger charge is 2.04. The van der Waals surface area contributed by atoms with Gasteiger partial charge in [0.25, 0.3) is 0 Å². The number of carbonyl (C=O) groups excluding carboxylic acids is 1. The summed E-state index contributed by atoms with van der Waals surface area (Å²) < 4.78 is 65.6. The summed E-state index contributed by atoms with van der Waals surface area (Å²) in [7, 11) is 0. The molecule has 15 nitrogen and oxygen atoms in total. The molecule has 0 bridgehead atoms. The Morgan fingerprint density at radius 1 is 0.288 bits per heavy atom. The summed E-state index contributed by atoms with van der Waals surface area (Å²) >= 11 is 0. The number of carboxylic acids is 1. The van der Waals surface area contributed by atoms with Crippen molar-refractivity contribution in [1.82, 2.24) is 0 Å². The average Bonchev–Trinajstić information content (AvgIpc) is 3.23. The number of esters is 1. The van der Waals surface area contributed by atoms with Gasteiger partial charge >= 0.3 is 11.9 Å². The highest BCUT2D eigenvalue weighted by Crippen LogP contribution is 2.13. The Kier molecular flexibility index (Phi) is 51.3. The van der Waals surface area contributed by atoms with Crippen molar-refractivity contribution in [2.45, 2.75) is 122 Å². The molecule has 0 aliphatic rings. The minimum Gasteiger partial charge on any atom is -0.481 e. The average molecular weight is 855 g/mol. The maximum absolute atomic E-state index is 11.5. The Balaban J connectivity index is 3.09. The number of ether oxygens (including phenoxy) is 12. The molecule has 0 fully saturated rings. The molecule has 0 atom stereocenters. The first-order chi connectivity index (χ1) is 29.2. The quantitative estimate of drug-likeness (QED) is 0.0499. The number of carboxylic acid groups (broad SMARTS) is 1. The second kappa shape index (κ2) is 52.6. The summed E-state index contributed by atoms with van der Waals surface area (Å²) in [6.07, 6.45) is 20.4. The second-order valence-electron chi connectivity index (χ2n) is 14.2. The number of carbonyl (C=O) groups is 2. The fourth-order valence-corrected chi connectivity index (χ4v) is 5.53. The lowest BCUT2D eigenvalue weighted by molar-refractivity contribution is -0.146. The molecule has 15 heteroatoms. The minimum atomic E-state index is -0.862. The van der Waals surface area contributed by atoms with Crippen LogP contribution in [-0.2, 0) is 66.4 Å². The molecule has 0 amide bonds. The van der Waals surface area contributed by atoms with Crippen molar-refractivity contribution in [2.24, 2.45) is 0 Å². The van der Waals surface area contributed by atoms with E-state index in [9.17, 15) is 9.59 Å². The van der Waals surface area contributed by atoms with E-state index in [0.717, 1.165) is 13.0 Å². The lowest BCUT2D eigenvalue weighted by Gasteiger charge is -2.09. The van der Waals surface area contributed by atoms with E-state index in [-0.39, 0.29) is 32.0 Å². The molecule has 352 valence electrons. The summed E-state index contributed by atoms with van der Waals surface area (Å²) in [4.78, 5) is 21.9. The Bertz CT molecular complexity index is 823. The Labute approximate surface area is 357 Å². The van der Waals surface area contributed by atoms with Crippen LogP contribution in [0.25, 0.3) is 0 Å². The van der Waals surface area contributed by atoms with Crippen LogP contribution in [0.4, 0.5) is 0 Å². The molecule has 0 aromatic carbocycles. The third-order valence-corrected chi connectivity index (χ3v) is 8.87. The van der Waals surface area contributed by atoms with Crippen molar-refractivity contribution < 1.29 is 71.5 Å². The maximum Gasteiger partial charge on any atom is 0.305 e. The van der Waals surface area contributed by atoms with Crippen LogP contribution in [0.15, 0.2) is 0 Å². The van der Waals surface area contributed by atoms with Crippen molar-refractivity contribution in [1.29, 1.82) is 0 Å². The van der Waals surface area contributed by atoms with Crippen molar-refractivity contribution in [3.05, 3.63) is 0 Å². The molecule has 0 rings (SSSR count). The van der Waals surface area contributed by atoms with Crippen LogP contribution >= 0.6 is 0 Å². The molecule has 59 heavy (non-hydrogen) atoms. The van der Waals surface area contributed by atoms with Crippen molar-refractivity contribution >= 4 is 11.9 Å². The zero-order chi connectivity index (χ0) is 42.6. The van der Waals surface area contributed by atoms with E-state index >= 15 is 0 Å². The van der Waals surface area contributed by atoms with E-state index in [4.69, 9.17) is 61.9 Å². The van der Waals surface area contributed by atoms with E-state index in [1.165, 1.54) is 83.5 Å². The molecule has 0 saturated heterocycles. The van der Waals surface area contributed by atoms with Crippen molar-refractivity contribution in [3.63, 3.8) is 0 Å². The SMILES string of the molecule is CCCCCCCCCCCCCCCCOCCOCCOCCOCCOCCOCCOCCOCCOCCOCCOCCOC(=O)CCCCC(=O)O. The molecule has 0 heterocycles. The summed E-state index contributed by atoms with van der Waals surface area (Å²) in [6, 6.07) is 0. The van der Waals surface area contributed by atoms with E-state index in [1.807, 2.05) is 0 Å². The number of unbranched alkanes of at least 4 members (excludes halogenated alkanes) is 14. The van der Waals surface area contributed by atoms with Gasteiger partial charge in [-0.25, -0.2) is 0 Å². The number of hydrogen-bond acceptors (Lipinski definition) is 14. The molecular weight excluding hydrogens is 768 g/mol. The van der Waals surface area contributed by atoms with Crippen LogP contribution in [0.2, 0.25) is 0 Å². The molecule has 0 saturated carbocycles. The first kappa shape index (κ1) is 57.5. The van der Waals surface area contributed by atoms with Gasteiger partial charge in [-0.3, -0.25) is 9.59 Å². The lowest BCUT2D eigenvalue weighted by Crippen LogP contribution is -2.15. The van der Waals surface area contributed by atoms with Gasteiger partial charge in [-0.15, -0.1) is 0 Å². The van der Waals surface area contributed by atoms with Crippen molar-refractivity contribution in [2.75, 3.05) is 152 Å². The summed E-state index contributed by atoms with van der Waals surface area (Å²) in [5.74, 6) is -1.21. The van der Waals surface area contributed by atoms with Crippen LogP contribution in [0.3, 0.4) is 0 Å². The topological polar surface area (TPSA) is 165 Å². The van der Waals surface area contributed by atoms with Gasteiger partial charge in [0.2, 0.25) is 0 Å². The third-order valence-electron chi connectivity index (χ3n) is 8.87. The number of hydrogen-bond donors (Lipinski definition) is 1. The molecule has 0 aromatic rings. The van der Waals surface area contributed by atoms with E-state index < -0.39 is 5.97 Å². The Morgan fingerprint density at radius 2 is 0.525 bits per heavy atom. The highest BCUT2D eigenvalue weighted by atomic mass is 16.6. The van der Waals surface area contributed by atoms with Gasteiger partial charge in [-0.05, 0) is 19.3 Å². The Morgan fingerprint density at radius 3 is 0.814 bits per heavy atom. The fourth-order valence-electron chi connectivity index (χ4n) is 5.53. The first-order valence-corrected chi connectivity index (χ1v) is 22.9. The van der Waals surface area contributed by atoms with Gasteiger partial charge in [0, 0.05) is 19.4 Å². The van der Waals surface area contributed by atoms with Gasteiger partial charge in [-0.2, -0.15) is 0 Å². The maximum atomic E-state index is 11.5. The standard InChI is InChI=1S/C44H86O15/c1-2-3-4-5-6-7-8-9-10-11-12-13-14-17-20-48-21-22-49-23-24-50-25-26-51-27-28-52-29-30-53-31-32-54-33-34-55-35-36-56-37-38-57-39-40-58-41-42-59-44(47)19-16-15-18-43(45)46/h2-42H2,1H3,(H,45,46). The summed E-state index contributed by atoms with van der Waals surface area (Å²) in [5, 5.41) is 8.57.